The van der Waals surface area contributed by atoms with E-state index in [4.69, 9.17) is 10.5 Å². The summed E-state index contributed by atoms with van der Waals surface area (Å²) in [4.78, 5) is 0. The number of ether oxygens (including phenoxy) is 1. The molecular weight excluding hydrogens is 206 g/mol. The molecule has 1 aliphatic rings. The third-order valence-electron chi connectivity index (χ3n) is 2.88. The van der Waals surface area contributed by atoms with Crippen molar-refractivity contribution in [1.82, 2.24) is 0 Å². The summed E-state index contributed by atoms with van der Waals surface area (Å²) >= 11 is 0. The summed E-state index contributed by atoms with van der Waals surface area (Å²) < 4.78 is 5.48. The molecule has 2 atom stereocenters. The lowest BCUT2D eigenvalue weighted by atomic mass is 9.98. The van der Waals surface area contributed by atoms with Crippen molar-refractivity contribution >= 4 is 0 Å². The monoisotopic (exact) mass is 223 g/mol. The molecule has 4 heteroatoms. The van der Waals surface area contributed by atoms with Crippen LogP contribution in [0.1, 0.15) is 23.7 Å². The minimum Gasteiger partial charge on any atom is -0.493 e. The van der Waals surface area contributed by atoms with Gasteiger partial charge in [-0.25, -0.2) is 0 Å². The highest BCUT2D eigenvalue weighted by Gasteiger charge is 2.19. The summed E-state index contributed by atoms with van der Waals surface area (Å²) in [6.45, 7) is 0.801. The smallest absolute Gasteiger partial charge is 0.122 e. The van der Waals surface area contributed by atoms with Gasteiger partial charge in [0, 0.05) is 6.54 Å². The molecule has 0 aromatic heterocycles. The van der Waals surface area contributed by atoms with E-state index in [-0.39, 0.29) is 6.54 Å². The van der Waals surface area contributed by atoms with E-state index in [1.54, 1.807) is 6.07 Å². The highest BCUT2D eigenvalue weighted by Crippen LogP contribution is 2.28. The maximum Gasteiger partial charge on any atom is 0.122 e. The molecule has 0 amide bonds. The molecule has 0 spiro atoms. The Morgan fingerprint density at radius 1 is 1.38 bits per heavy atom. The van der Waals surface area contributed by atoms with Crippen LogP contribution in [0.4, 0.5) is 0 Å². The van der Waals surface area contributed by atoms with E-state index in [1.807, 2.05) is 12.1 Å². The van der Waals surface area contributed by atoms with Crippen molar-refractivity contribution in [2.75, 3.05) is 13.2 Å². The molecule has 4 nitrogen and oxygen atoms in total. The van der Waals surface area contributed by atoms with Gasteiger partial charge >= 0.3 is 0 Å². The lowest BCUT2D eigenvalue weighted by molar-refractivity contribution is 0.0242. The average Bonchev–Trinajstić information content (AvgIpc) is 2.36. The summed E-state index contributed by atoms with van der Waals surface area (Å²) in [7, 11) is 0. The molecule has 2 unspecified atom stereocenters. The first-order valence-corrected chi connectivity index (χ1v) is 5.54. The molecule has 1 aliphatic heterocycles. The Kier molecular flexibility index (Phi) is 3.43. The van der Waals surface area contributed by atoms with Crippen LogP contribution in [0.3, 0.4) is 0 Å². The van der Waals surface area contributed by atoms with E-state index in [0.29, 0.717) is 5.56 Å². The van der Waals surface area contributed by atoms with Gasteiger partial charge in [-0.2, -0.15) is 0 Å². The number of hydrogen-bond acceptors (Lipinski definition) is 4. The Morgan fingerprint density at radius 2 is 2.19 bits per heavy atom. The highest BCUT2D eigenvalue weighted by atomic mass is 16.5. The summed E-state index contributed by atoms with van der Waals surface area (Å²) in [5, 5.41) is 19.3. The first-order chi connectivity index (χ1) is 7.72. The van der Waals surface area contributed by atoms with Crippen LogP contribution < -0.4 is 10.5 Å². The van der Waals surface area contributed by atoms with Crippen LogP contribution in [0.5, 0.6) is 5.75 Å². The Labute approximate surface area is 94.7 Å². The van der Waals surface area contributed by atoms with Gasteiger partial charge in [0.05, 0.1) is 12.7 Å². The van der Waals surface area contributed by atoms with Gasteiger partial charge in [-0.1, -0.05) is 6.07 Å². The number of fused-ring (bicyclic) bond motifs is 1. The zero-order chi connectivity index (χ0) is 11.5. The second-order valence-corrected chi connectivity index (χ2v) is 4.07. The fourth-order valence-corrected chi connectivity index (χ4v) is 1.92. The number of aliphatic hydroxyl groups excluding tert-OH is 2. The van der Waals surface area contributed by atoms with Crippen molar-refractivity contribution in [3.8, 4) is 5.75 Å². The maximum atomic E-state index is 9.82. The Morgan fingerprint density at radius 3 is 2.94 bits per heavy atom. The van der Waals surface area contributed by atoms with Gasteiger partial charge in [-0.05, 0) is 36.1 Å². The van der Waals surface area contributed by atoms with E-state index < -0.39 is 12.2 Å². The standard InChI is InChI=1S/C12H17NO3/c13-7-10(14)12(15)9-3-4-11-8(6-9)2-1-5-16-11/h3-4,6,10,12,14-15H,1-2,5,7,13H2. The van der Waals surface area contributed by atoms with Crippen LogP contribution >= 0.6 is 0 Å². The molecule has 1 aromatic rings. The van der Waals surface area contributed by atoms with Gasteiger partial charge < -0.3 is 20.7 Å². The molecule has 0 fully saturated rings. The van der Waals surface area contributed by atoms with Gasteiger partial charge in [0.25, 0.3) is 0 Å². The van der Waals surface area contributed by atoms with Crippen LogP contribution in [-0.2, 0) is 6.42 Å². The van der Waals surface area contributed by atoms with Crippen LogP contribution in [0, 0.1) is 0 Å². The number of rotatable bonds is 3. The van der Waals surface area contributed by atoms with Crippen molar-refractivity contribution in [2.45, 2.75) is 25.0 Å². The number of aryl methyl sites for hydroxylation is 1. The second-order valence-electron chi connectivity index (χ2n) is 4.07. The third kappa shape index (κ3) is 2.19. The maximum absolute atomic E-state index is 9.82. The Hall–Kier alpha value is -1.10. The molecule has 0 saturated heterocycles. The zero-order valence-electron chi connectivity index (χ0n) is 9.10. The number of benzene rings is 1. The normalized spacial score (nSPS) is 18.4. The zero-order valence-corrected chi connectivity index (χ0v) is 9.10. The van der Waals surface area contributed by atoms with Gasteiger partial charge in [-0.15, -0.1) is 0 Å². The molecule has 0 saturated carbocycles. The number of hydrogen-bond donors (Lipinski definition) is 3. The Balaban J connectivity index is 2.22. The van der Waals surface area contributed by atoms with Gasteiger partial charge in [-0.3, -0.25) is 0 Å². The molecule has 1 heterocycles. The second kappa shape index (κ2) is 4.82. The van der Waals surface area contributed by atoms with Crippen molar-refractivity contribution in [3.63, 3.8) is 0 Å². The number of nitrogens with two attached hydrogens (primary N) is 1. The lowest BCUT2D eigenvalue weighted by Gasteiger charge is -2.21. The summed E-state index contributed by atoms with van der Waals surface area (Å²) in [6, 6.07) is 5.50. The molecule has 1 aromatic carbocycles. The van der Waals surface area contributed by atoms with Crippen molar-refractivity contribution in [2.24, 2.45) is 5.73 Å². The first kappa shape index (κ1) is 11.4. The highest BCUT2D eigenvalue weighted by molar-refractivity contribution is 5.39. The van der Waals surface area contributed by atoms with Crippen molar-refractivity contribution < 1.29 is 14.9 Å². The van der Waals surface area contributed by atoms with Crippen molar-refractivity contribution in [1.29, 1.82) is 0 Å². The largest absolute Gasteiger partial charge is 0.493 e. The predicted octanol–water partition coefficient (Wildman–Crippen LogP) is 0.365. The van der Waals surface area contributed by atoms with Crippen LogP contribution in [0.25, 0.3) is 0 Å². The minimum atomic E-state index is -0.919. The van der Waals surface area contributed by atoms with Gasteiger partial charge in [0.15, 0.2) is 0 Å². The van der Waals surface area contributed by atoms with Gasteiger partial charge in [0.2, 0.25) is 0 Å². The molecule has 16 heavy (non-hydrogen) atoms. The van der Waals surface area contributed by atoms with Crippen LogP contribution in [0.2, 0.25) is 0 Å². The molecule has 4 N–H and O–H groups in total. The molecule has 88 valence electrons. The van der Waals surface area contributed by atoms with Crippen molar-refractivity contribution in [3.05, 3.63) is 29.3 Å². The van der Waals surface area contributed by atoms with Crippen LogP contribution in [0.15, 0.2) is 18.2 Å². The summed E-state index contributed by atoms with van der Waals surface area (Å²) in [5.74, 6) is 0.879. The fraction of sp³-hybridized carbons (Fsp3) is 0.500. The van der Waals surface area contributed by atoms with E-state index >= 15 is 0 Å². The van der Waals surface area contributed by atoms with Gasteiger partial charge in [0.1, 0.15) is 11.9 Å². The molecule has 0 radical (unpaired) electrons. The van der Waals surface area contributed by atoms with E-state index in [2.05, 4.69) is 0 Å². The minimum absolute atomic E-state index is 0.0503. The fourth-order valence-electron chi connectivity index (χ4n) is 1.92. The van der Waals surface area contributed by atoms with E-state index in [1.165, 1.54) is 0 Å². The average molecular weight is 223 g/mol. The predicted molar refractivity (Wildman–Crippen MR) is 60.3 cm³/mol. The summed E-state index contributed by atoms with van der Waals surface area (Å²) in [6.07, 6.45) is 0.112. The summed E-state index contributed by atoms with van der Waals surface area (Å²) in [5.41, 5.74) is 7.10. The molecule has 0 bridgehead atoms. The number of aliphatic hydroxyl groups is 2. The quantitative estimate of drug-likeness (QED) is 0.691. The molecular formula is C12H17NO3. The Bertz CT molecular complexity index is 367. The van der Waals surface area contributed by atoms with Crippen LogP contribution in [-0.4, -0.2) is 29.5 Å². The topological polar surface area (TPSA) is 75.7 Å². The SMILES string of the molecule is NCC(O)C(O)c1ccc2c(c1)CCCO2. The first-order valence-electron chi connectivity index (χ1n) is 5.54. The molecule has 0 aliphatic carbocycles. The van der Waals surface area contributed by atoms with E-state index in [9.17, 15) is 10.2 Å². The molecule has 2 rings (SSSR count). The third-order valence-corrected chi connectivity index (χ3v) is 2.88. The lowest BCUT2D eigenvalue weighted by Crippen LogP contribution is -2.27. The van der Waals surface area contributed by atoms with E-state index in [0.717, 1.165) is 30.8 Å².